The zero-order chi connectivity index (χ0) is 32.2. The Morgan fingerprint density at radius 2 is 1.81 bits per heavy atom. The van der Waals surface area contributed by atoms with Crippen LogP contribution in [0, 0.1) is 48.3 Å². The molecule has 2 unspecified atom stereocenters. The smallest absolute Gasteiger partial charge is 0.265 e. The lowest BCUT2D eigenvalue weighted by Crippen LogP contribution is -2.79. The molecule has 1 amide bonds. The number of hydrogen-bond donors (Lipinski definition) is 7. The van der Waals surface area contributed by atoms with E-state index >= 15 is 0 Å². The average molecular weight is 619 g/mol. The highest BCUT2D eigenvalue weighted by Crippen LogP contribution is 2.65. The molecule has 2 aromatic rings. The number of phenolic OH excluding ortho intramolecular Hbond substituents is 1. The molecule has 13 nitrogen and oxygen atoms in total. The van der Waals surface area contributed by atoms with E-state index in [9.17, 15) is 43.2 Å². The van der Waals surface area contributed by atoms with Crippen molar-refractivity contribution >= 4 is 33.2 Å². The summed E-state index contributed by atoms with van der Waals surface area (Å²) in [5.74, 6) is -8.21. The van der Waals surface area contributed by atoms with Crippen LogP contribution in [0.15, 0.2) is 17.0 Å². The lowest BCUT2D eigenvalue weighted by molar-refractivity contribution is -0.265. The number of H-pyrrole nitrogens is 1. The third-order valence-electron chi connectivity index (χ3n) is 10.2. The number of nitrogens with one attached hydrogen (secondary N) is 2. The van der Waals surface area contributed by atoms with Gasteiger partial charge in [0.25, 0.3) is 10.0 Å². The third-order valence-corrected chi connectivity index (χ3v) is 11.9. The van der Waals surface area contributed by atoms with Crippen molar-refractivity contribution in [2.45, 2.75) is 77.1 Å². The summed E-state index contributed by atoms with van der Waals surface area (Å²) in [6, 6.07) is 2.85. The van der Waals surface area contributed by atoms with Crippen molar-refractivity contribution in [1.29, 1.82) is 0 Å². The normalized spacial score (nSPS) is 35.7. The molecule has 2 saturated carbocycles. The number of aliphatic hydroxyl groups is 3. The van der Waals surface area contributed by atoms with Gasteiger partial charge in [-0.05, 0) is 55.6 Å². The van der Waals surface area contributed by atoms with Crippen LogP contribution in [-0.4, -0.2) is 74.3 Å². The van der Waals surface area contributed by atoms with Crippen molar-refractivity contribution in [1.82, 2.24) is 10.2 Å². The standard InChI is InChI=1S/C29H38N4O9S/c1-11(2)18-22(36)17(26(30)39)24(37)29(40)25(38)19-21(35)16-14(9-27(19,5)10-28(18,29)6)7-8-15(20(16)34)33-43(41,42)23-12(3)31-32-13(23)4/h7-8,11,17-19,22,25,33-34,36,38,40H,9-10H2,1-6H3,(H2,30,39)(H,31,32)/t17-,18+,19-,22?,25?,27-,28-,29+/m1/s1. The molecule has 0 saturated heterocycles. The van der Waals surface area contributed by atoms with E-state index in [2.05, 4.69) is 14.9 Å². The van der Waals surface area contributed by atoms with Crippen molar-refractivity contribution in [2.24, 2.45) is 40.2 Å². The maximum absolute atomic E-state index is 14.2. The van der Waals surface area contributed by atoms with Crippen molar-refractivity contribution in [3.63, 3.8) is 0 Å². The van der Waals surface area contributed by atoms with Gasteiger partial charge in [-0.3, -0.25) is 24.2 Å². The van der Waals surface area contributed by atoms with Gasteiger partial charge in [0.05, 0.1) is 34.7 Å². The summed E-state index contributed by atoms with van der Waals surface area (Å²) in [4.78, 5) is 40.2. The molecule has 0 spiro atoms. The summed E-state index contributed by atoms with van der Waals surface area (Å²) in [6.07, 6.45) is -3.42. The fraction of sp³-hybridized carbons (Fsp3) is 0.586. The Bertz CT molecular complexity index is 1650. The second kappa shape index (κ2) is 9.58. The van der Waals surface area contributed by atoms with E-state index in [0.717, 1.165) is 0 Å². The number of carbonyl (C=O) groups is 3. The van der Waals surface area contributed by atoms with Crippen LogP contribution in [0.4, 0.5) is 5.69 Å². The number of hydrogen-bond acceptors (Lipinski definition) is 10. The van der Waals surface area contributed by atoms with Crippen LogP contribution in [0.25, 0.3) is 0 Å². The summed E-state index contributed by atoms with van der Waals surface area (Å²) < 4.78 is 28.6. The first kappa shape index (κ1) is 31.1. The zero-order valence-corrected chi connectivity index (χ0v) is 25.6. The number of aromatic amines is 1. The van der Waals surface area contributed by atoms with Crippen LogP contribution in [-0.2, 0) is 26.0 Å². The number of primary amides is 1. The molecule has 1 aromatic carbocycles. The number of nitrogens with zero attached hydrogens (tertiary/aromatic N) is 1. The molecule has 0 aliphatic heterocycles. The molecule has 8 N–H and O–H groups in total. The van der Waals surface area contributed by atoms with E-state index in [4.69, 9.17) is 5.73 Å². The number of nitrogens with two attached hydrogens (primary N) is 1. The van der Waals surface area contributed by atoms with Crippen LogP contribution >= 0.6 is 0 Å². The quantitative estimate of drug-likeness (QED) is 0.183. The molecule has 3 aliphatic rings. The molecule has 1 heterocycles. The molecule has 8 atom stereocenters. The van der Waals surface area contributed by atoms with E-state index in [1.165, 1.54) is 26.0 Å². The summed E-state index contributed by atoms with van der Waals surface area (Å²) in [6.45, 7) is 9.86. The average Bonchev–Trinajstić information content (AvgIpc) is 3.21. The van der Waals surface area contributed by atoms with Crippen LogP contribution in [0.2, 0.25) is 0 Å². The molecule has 3 aliphatic carbocycles. The largest absolute Gasteiger partial charge is 0.505 e. The molecule has 2 fully saturated rings. The van der Waals surface area contributed by atoms with Gasteiger partial charge in [0.1, 0.15) is 16.9 Å². The molecule has 0 bridgehead atoms. The first-order chi connectivity index (χ1) is 19.7. The van der Waals surface area contributed by atoms with Crippen molar-refractivity contribution in [2.75, 3.05) is 4.72 Å². The van der Waals surface area contributed by atoms with Crippen molar-refractivity contribution in [3.05, 3.63) is 34.6 Å². The minimum atomic E-state index is -4.24. The Morgan fingerprint density at radius 3 is 2.35 bits per heavy atom. The van der Waals surface area contributed by atoms with Crippen LogP contribution in [0.1, 0.15) is 61.4 Å². The molecule has 43 heavy (non-hydrogen) atoms. The molecule has 0 radical (unpaired) electrons. The first-order valence-electron chi connectivity index (χ1n) is 14.1. The number of aryl methyl sites for hydroxylation is 2. The van der Waals surface area contributed by atoms with E-state index in [1.54, 1.807) is 27.7 Å². The van der Waals surface area contributed by atoms with Gasteiger partial charge in [-0.1, -0.05) is 33.8 Å². The summed E-state index contributed by atoms with van der Waals surface area (Å²) in [7, 11) is -4.24. The van der Waals surface area contributed by atoms with Crippen LogP contribution in [0.5, 0.6) is 5.75 Å². The fourth-order valence-corrected chi connectivity index (χ4v) is 10.2. The fourth-order valence-electron chi connectivity index (χ4n) is 8.74. The third kappa shape index (κ3) is 4.02. The number of aliphatic hydroxyl groups excluding tert-OH is 2. The van der Waals surface area contributed by atoms with E-state index in [0.29, 0.717) is 5.56 Å². The maximum Gasteiger partial charge on any atom is 0.265 e. The number of amides is 1. The number of rotatable bonds is 5. The highest BCUT2D eigenvalue weighted by Gasteiger charge is 2.75. The molecule has 5 rings (SSSR count). The monoisotopic (exact) mass is 618 g/mol. The van der Waals surface area contributed by atoms with E-state index < -0.39 is 79.6 Å². The van der Waals surface area contributed by atoms with Gasteiger partial charge in [-0.2, -0.15) is 5.10 Å². The van der Waals surface area contributed by atoms with Crippen LogP contribution in [0.3, 0.4) is 0 Å². The number of ketones is 2. The zero-order valence-electron chi connectivity index (χ0n) is 24.8. The SMILES string of the molecule is Cc1n[nH]c(C)c1S(=O)(=O)Nc1ccc2c(c1O)C(=O)[C@@H]1C(O)[C@@]3(O)C(=O)[C@H](C(N)=O)C(O)[C@H](C(C)C)[C@@]3(C)C[C@@]1(C)C2. The number of phenols is 1. The molecule has 234 valence electrons. The Morgan fingerprint density at radius 1 is 1.19 bits per heavy atom. The predicted octanol–water partition coefficient (Wildman–Crippen LogP) is 0.714. The minimum absolute atomic E-state index is 0.00865. The van der Waals surface area contributed by atoms with Crippen molar-refractivity contribution < 1.29 is 43.2 Å². The van der Waals surface area contributed by atoms with Gasteiger partial charge < -0.3 is 26.2 Å². The number of carbonyl (C=O) groups excluding carboxylic acids is 3. The first-order valence-corrected chi connectivity index (χ1v) is 15.6. The Labute approximate surface area is 248 Å². The molecule has 1 aromatic heterocycles. The highest BCUT2D eigenvalue weighted by molar-refractivity contribution is 7.92. The summed E-state index contributed by atoms with van der Waals surface area (Å²) >= 11 is 0. The van der Waals surface area contributed by atoms with Gasteiger partial charge >= 0.3 is 0 Å². The number of benzene rings is 1. The Kier molecular flexibility index (Phi) is 6.93. The molecular weight excluding hydrogens is 580 g/mol. The summed E-state index contributed by atoms with van der Waals surface area (Å²) in [5, 5.41) is 53.0. The van der Waals surface area contributed by atoms with E-state index in [1.807, 2.05) is 0 Å². The molecular formula is C29H38N4O9S. The maximum atomic E-state index is 14.2. The highest BCUT2D eigenvalue weighted by atomic mass is 32.2. The second-order valence-electron chi connectivity index (χ2n) is 13.3. The number of aromatic hydroxyl groups is 1. The van der Waals surface area contributed by atoms with Gasteiger partial charge in [-0.25, -0.2) is 8.42 Å². The number of Topliss-reactive ketones (excluding diaryl/α,β-unsaturated/α-hetero) is 2. The predicted molar refractivity (Wildman–Crippen MR) is 152 cm³/mol. The number of sulfonamides is 1. The number of aromatic nitrogens is 2. The van der Waals surface area contributed by atoms with E-state index in [-0.39, 0.29) is 46.3 Å². The van der Waals surface area contributed by atoms with Crippen molar-refractivity contribution in [3.8, 4) is 5.75 Å². The lowest BCUT2D eigenvalue weighted by atomic mass is 9.39. The topological polar surface area (TPSA) is 233 Å². The van der Waals surface area contributed by atoms with Gasteiger partial charge in [0, 0.05) is 5.41 Å². The molecule has 14 heteroatoms. The minimum Gasteiger partial charge on any atom is -0.505 e. The number of anilines is 1. The Balaban J connectivity index is 1.63. The lowest BCUT2D eigenvalue weighted by Gasteiger charge is -2.66. The number of fused-ring (bicyclic) bond motifs is 3. The van der Waals surface area contributed by atoms with Gasteiger partial charge in [0.15, 0.2) is 22.9 Å². The van der Waals surface area contributed by atoms with Crippen LogP contribution < -0.4 is 10.5 Å². The van der Waals surface area contributed by atoms with Gasteiger partial charge in [-0.15, -0.1) is 0 Å². The Hall–Kier alpha value is -3.33. The summed E-state index contributed by atoms with van der Waals surface area (Å²) in [5.41, 5.74) is 0.663. The van der Waals surface area contributed by atoms with Gasteiger partial charge in [0.2, 0.25) is 5.91 Å². The second-order valence-corrected chi connectivity index (χ2v) is 15.0.